The molecule has 0 aliphatic carbocycles. The summed E-state index contributed by atoms with van der Waals surface area (Å²) in [6, 6.07) is 0. The first-order chi connectivity index (χ1) is 6.91. The second kappa shape index (κ2) is 4.36. The summed E-state index contributed by atoms with van der Waals surface area (Å²) in [7, 11) is 0. The third-order valence-electron chi connectivity index (χ3n) is 1.65. The van der Waals surface area contributed by atoms with E-state index in [1.54, 1.807) is 0 Å². The van der Waals surface area contributed by atoms with Crippen molar-refractivity contribution in [2.45, 2.75) is 6.67 Å². The van der Waals surface area contributed by atoms with Crippen molar-refractivity contribution in [1.29, 1.82) is 0 Å². The number of nitro groups is 1. The lowest BCUT2D eigenvalue weighted by atomic mass is 10.2. The second-order valence-electron chi connectivity index (χ2n) is 2.47. The fourth-order valence-corrected chi connectivity index (χ4v) is 1.59. The molecule has 0 unspecified atom stereocenters. The molecule has 0 N–H and O–H groups in total. The van der Waals surface area contributed by atoms with E-state index in [4.69, 9.17) is 11.6 Å². The Bertz CT molecular complexity index is 441. The lowest BCUT2D eigenvalue weighted by Crippen LogP contribution is -2.02. The summed E-state index contributed by atoms with van der Waals surface area (Å²) >= 11 is 7.97. The summed E-state index contributed by atoms with van der Waals surface area (Å²) < 4.78 is 38.1. The van der Waals surface area contributed by atoms with Crippen LogP contribution in [-0.2, 0) is 6.67 Å². The average molecular weight is 304 g/mol. The van der Waals surface area contributed by atoms with Gasteiger partial charge in [0.15, 0.2) is 0 Å². The molecular weight excluding hydrogens is 302 g/mol. The molecule has 0 saturated carbocycles. The maximum atomic E-state index is 13.2. The van der Waals surface area contributed by atoms with Gasteiger partial charge in [-0.15, -0.1) is 0 Å². The molecule has 0 spiro atoms. The minimum atomic E-state index is -1.59. The zero-order chi connectivity index (χ0) is 11.7. The monoisotopic (exact) mass is 303 g/mol. The van der Waals surface area contributed by atoms with Crippen molar-refractivity contribution < 1.29 is 18.1 Å². The van der Waals surface area contributed by atoms with Gasteiger partial charge in [-0.3, -0.25) is 10.1 Å². The molecular formula is C7H2BrClF3NO2. The molecule has 1 rings (SSSR count). The summed E-state index contributed by atoms with van der Waals surface area (Å²) in [4.78, 5) is 9.04. The van der Waals surface area contributed by atoms with Crippen LogP contribution in [0.3, 0.4) is 0 Å². The largest absolute Gasteiger partial charge is 0.341 e. The Morgan fingerprint density at radius 2 is 1.93 bits per heavy atom. The lowest BCUT2D eigenvalue weighted by molar-refractivity contribution is -0.390. The van der Waals surface area contributed by atoms with Crippen molar-refractivity contribution in [1.82, 2.24) is 0 Å². The first-order valence-corrected chi connectivity index (χ1v) is 4.64. The van der Waals surface area contributed by atoms with Gasteiger partial charge in [0.25, 0.3) is 0 Å². The number of nitrogens with zero attached hydrogens (tertiary/aromatic N) is 1. The van der Waals surface area contributed by atoms with E-state index in [-0.39, 0.29) is 0 Å². The van der Waals surface area contributed by atoms with E-state index >= 15 is 0 Å². The minimum absolute atomic E-state index is 0.523. The van der Waals surface area contributed by atoms with Crippen molar-refractivity contribution >= 4 is 33.2 Å². The average Bonchev–Trinajstić information content (AvgIpc) is 2.15. The predicted octanol–water partition coefficient (Wildman–Crippen LogP) is 3.76. The number of alkyl halides is 1. The summed E-state index contributed by atoms with van der Waals surface area (Å²) in [5.41, 5.74) is -2.16. The zero-order valence-electron chi connectivity index (χ0n) is 6.86. The summed E-state index contributed by atoms with van der Waals surface area (Å²) in [5, 5.41) is 9.77. The van der Waals surface area contributed by atoms with Gasteiger partial charge in [0.1, 0.15) is 6.67 Å². The Hall–Kier alpha value is -0.820. The molecule has 0 fully saturated rings. The van der Waals surface area contributed by atoms with Crippen LogP contribution < -0.4 is 0 Å². The number of nitro benzene ring substituents is 1. The molecule has 0 heterocycles. The number of rotatable bonds is 2. The van der Waals surface area contributed by atoms with Gasteiger partial charge < -0.3 is 0 Å². The van der Waals surface area contributed by atoms with E-state index in [1.165, 1.54) is 0 Å². The first kappa shape index (κ1) is 12.3. The molecule has 0 atom stereocenters. The van der Waals surface area contributed by atoms with Crippen LogP contribution in [0.1, 0.15) is 5.56 Å². The van der Waals surface area contributed by atoms with Crippen LogP contribution in [0.15, 0.2) is 4.47 Å². The highest BCUT2D eigenvalue weighted by Gasteiger charge is 2.30. The molecule has 1 aromatic rings. The van der Waals surface area contributed by atoms with E-state index in [0.717, 1.165) is 0 Å². The number of benzene rings is 1. The van der Waals surface area contributed by atoms with Crippen LogP contribution in [0.4, 0.5) is 18.9 Å². The van der Waals surface area contributed by atoms with E-state index in [1.807, 2.05) is 0 Å². The fraction of sp³-hybridized carbons (Fsp3) is 0.143. The van der Waals surface area contributed by atoms with Gasteiger partial charge in [0.2, 0.25) is 11.6 Å². The predicted molar refractivity (Wildman–Crippen MR) is 50.5 cm³/mol. The Morgan fingerprint density at radius 3 is 2.33 bits per heavy atom. The van der Waals surface area contributed by atoms with Crippen LogP contribution in [0.5, 0.6) is 0 Å². The van der Waals surface area contributed by atoms with Crippen molar-refractivity contribution in [2.75, 3.05) is 0 Å². The number of halogens is 5. The lowest BCUT2D eigenvalue weighted by Gasteiger charge is -2.05. The number of hydrogen-bond acceptors (Lipinski definition) is 2. The van der Waals surface area contributed by atoms with E-state index < -0.39 is 44.0 Å². The minimum Gasteiger partial charge on any atom is -0.258 e. The Morgan fingerprint density at radius 1 is 1.40 bits per heavy atom. The molecule has 15 heavy (non-hydrogen) atoms. The second-order valence-corrected chi connectivity index (χ2v) is 3.64. The van der Waals surface area contributed by atoms with Gasteiger partial charge in [-0.1, -0.05) is 11.6 Å². The highest BCUT2D eigenvalue weighted by Crippen LogP contribution is 2.38. The van der Waals surface area contributed by atoms with Gasteiger partial charge in [-0.2, -0.15) is 8.78 Å². The molecule has 0 bridgehead atoms. The molecule has 3 nitrogen and oxygen atoms in total. The third-order valence-corrected chi connectivity index (χ3v) is 3.04. The van der Waals surface area contributed by atoms with Crippen molar-refractivity contribution in [3.8, 4) is 0 Å². The smallest absolute Gasteiger partial charge is 0.258 e. The standard InChI is InChI=1S/C7H2BrClF3NO2/c8-3-4(9)2(1-10)5(11)7(6(3)12)13(14)15/h1H2. The zero-order valence-corrected chi connectivity index (χ0v) is 9.20. The van der Waals surface area contributed by atoms with Gasteiger partial charge in [-0.25, -0.2) is 4.39 Å². The molecule has 0 saturated heterocycles. The highest BCUT2D eigenvalue weighted by molar-refractivity contribution is 9.10. The van der Waals surface area contributed by atoms with Crippen LogP contribution in [0.25, 0.3) is 0 Å². The van der Waals surface area contributed by atoms with Gasteiger partial charge in [-0.05, 0) is 15.9 Å². The van der Waals surface area contributed by atoms with Crippen molar-refractivity contribution in [2.24, 2.45) is 0 Å². The SMILES string of the molecule is O=[N+]([O-])c1c(F)c(Br)c(Cl)c(CF)c1F. The summed E-state index contributed by atoms with van der Waals surface area (Å²) in [6.07, 6.45) is 0. The molecule has 0 radical (unpaired) electrons. The molecule has 0 amide bonds. The molecule has 82 valence electrons. The third kappa shape index (κ3) is 1.93. The first-order valence-electron chi connectivity index (χ1n) is 3.47. The van der Waals surface area contributed by atoms with Gasteiger partial charge >= 0.3 is 5.69 Å². The van der Waals surface area contributed by atoms with Crippen LogP contribution in [0.2, 0.25) is 5.02 Å². The number of hydrogen-bond donors (Lipinski definition) is 0. The topological polar surface area (TPSA) is 43.1 Å². The summed E-state index contributed by atoms with van der Waals surface area (Å²) in [5.74, 6) is -3.05. The Kier molecular flexibility index (Phi) is 3.56. The van der Waals surface area contributed by atoms with Gasteiger partial charge in [0, 0.05) is 5.56 Å². The summed E-state index contributed by atoms with van der Waals surface area (Å²) in [6.45, 7) is -1.36. The highest BCUT2D eigenvalue weighted by atomic mass is 79.9. The van der Waals surface area contributed by atoms with E-state index in [9.17, 15) is 23.3 Å². The molecule has 0 aliphatic rings. The maximum Gasteiger partial charge on any atom is 0.341 e. The van der Waals surface area contributed by atoms with E-state index in [2.05, 4.69) is 15.9 Å². The molecule has 8 heteroatoms. The van der Waals surface area contributed by atoms with Crippen LogP contribution >= 0.6 is 27.5 Å². The quantitative estimate of drug-likeness (QED) is 0.361. The van der Waals surface area contributed by atoms with Crippen LogP contribution in [0, 0.1) is 21.7 Å². The van der Waals surface area contributed by atoms with Crippen LogP contribution in [-0.4, -0.2) is 4.92 Å². The normalized spacial score (nSPS) is 10.5. The fourth-order valence-electron chi connectivity index (χ4n) is 0.946. The van der Waals surface area contributed by atoms with Gasteiger partial charge in [0.05, 0.1) is 14.4 Å². The Labute approximate surface area is 95.1 Å². The molecule has 0 aromatic heterocycles. The van der Waals surface area contributed by atoms with E-state index in [0.29, 0.717) is 0 Å². The molecule has 0 aliphatic heterocycles. The Balaban J connectivity index is 3.68. The van der Waals surface area contributed by atoms with Crippen molar-refractivity contribution in [3.05, 3.63) is 36.8 Å². The molecule has 1 aromatic carbocycles. The maximum absolute atomic E-state index is 13.2. The van der Waals surface area contributed by atoms with Crippen molar-refractivity contribution in [3.63, 3.8) is 0 Å².